The van der Waals surface area contributed by atoms with E-state index in [0.29, 0.717) is 10.7 Å². The van der Waals surface area contributed by atoms with Crippen LogP contribution in [0.2, 0.25) is 5.02 Å². The minimum atomic E-state index is -1.30. The maximum atomic E-state index is 5.86. The quantitative estimate of drug-likeness (QED) is 0.479. The van der Waals surface area contributed by atoms with Crippen LogP contribution in [0.1, 0.15) is 5.56 Å². The van der Waals surface area contributed by atoms with Crippen LogP contribution in [0.4, 0.5) is 5.69 Å². The lowest BCUT2D eigenvalue weighted by molar-refractivity contribution is 1.29. The summed E-state index contributed by atoms with van der Waals surface area (Å²) in [6.45, 7) is 0. The van der Waals surface area contributed by atoms with Gasteiger partial charge in [-0.25, -0.2) is 0 Å². The first-order valence-corrected chi connectivity index (χ1v) is 7.59. The van der Waals surface area contributed by atoms with Crippen LogP contribution in [-0.2, 0) is 5.75 Å². The SMILES string of the molecule is Nc1cc(Cl)ccc1CS1(S)C=NN=C1. The molecule has 0 fully saturated rings. The second-order valence-electron chi connectivity index (χ2n) is 3.24. The first-order chi connectivity index (χ1) is 7.09. The number of rotatable bonds is 2. The van der Waals surface area contributed by atoms with Gasteiger partial charge in [0.2, 0.25) is 0 Å². The molecular weight excluding hydrogens is 250 g/mol. The van der Waals surface area contributed by atoms with E-state index < -0.39 is 9.06 Å². The summed E-state index contributed by atoms with van der Waals surface area (Å²) in [6, 6.07) is 5.49. The molecule has 1 aromatic carbocycles. The molecule has 1 aromatic rings. The van der Waals surface area contributed by atoms with E-state index in [9.17, 15) is 0 Å². The molecule has 0 atom stereocenters. The Kier molecular flexibility index (Phi) is 2.95. The van der Waals surface area contributed by atoms with Gasteiger partial charge in [-0.05, 0) is 17.7 Å². The smallest absolute Gasteiger partial charge is 0.0793 e. The zero-order chi connectivity index (χ0) is 10.9. The van der Waals surface area contributed by atoms with Gasteiger partial charge in [0.05, 0.1) is 11.1 Å². The third kappa shape index (κ3) is 2.48. The summed E-state index contributed by atoms with van der Waals surface area (Å²) in [5.41, 5.74) is 11.2. The molecule has 15 heavy (non-hydrogen) atoms. The maximum absolute atomic E-state index is 5.86. The second-order valence-corrected chi connectivity index (χ2v) is 8.04. The van der Waals surface area contributed by atoms with Crippen molar-refractivity contribution in [1.29, 1.82) is 0 Å². The molecule has 1 aliphatic heterocycles. The fraction of sp³-hybridized carbons (Fsp3) is 0.111. The van der Waals surface area contributed by atoms with Crippen molar-refractivity contribution in [2.45, 2.75) is 5.75 Å². The topological polar surface area (TPSA) is 50.7 Å². The van der Waals surface area contributed by atoms with Crippen molar-refractivity contribution in [3.8, 4) is 0 Å². The summed E-state index contributed by atoms with van der Waals surface area (Å²) < 4.78 is 0. The van der Waals surface area contributed by atoms with Crippen molar-refractivity contribution in [2.75, 3.05) is 5.73 Å². The molecule has 1 heterocycles. The van der Waals surface area contributed by atoms with Gasteiger partial charge >= 0.3 is 0 Å². The molecule has 0 bridgehead atoms. The minimum absolute atomic E-state index is 0.647. The maximum Gasteiger partial charge on any atom is 0.0793 e. The van der Waals surface area contributed by atoms with E-state index in [1.165, 1.54) is 0 Å². The normalized spacial score (nSPS) is 19.3. The fourth-order valence-electron chi connectivity index (χ4n) is 1.27. The summed E-state index contributed by atoms with van der Waals surface area (Å²) >= 11 is 10.4. The summed E-state index contributed by atoms with van der Waals surface area (Å²) in [5.74, 6) is 0.742. The summed E-state index contributed by atoms with van der Waals surface area (Å²) in [5, 5.41) is 8.28. The molecule has 0 saturated carbocycles. The highest BCUT2D eigenvalue weighted by molar-refractivity contribution is 8.98. The van der Waals surface area contributed by atoms with Crippen molar-refractivity contribution < 1.29 is 0 Å². The highest BCUT2D eigenvalue weighted by Crippen LogP contribution is 2.53. The number of hydrogen-bond acceptors (Lipinski definition) is 4. The molecule has 0 spiro atoms. The van der Waals surface area contributed by atoms with E-state index in [-0.39, 0.29) is 0 Å². The molecule has 0 saturated heterocycles. The van der Waals surface area contributed by atoms with E-state index in [1.54, 1.807) is 17.2 Å². The first-order valence-electron chi connectivity index (χ1n) is 4.23. The van der Waals surface area contributed by atoms with Crippen LogP contribution < -0.4 is 5.73 Å². The number of thiol groups is 1. The Morgan fingerprint density at radius 3 is 2.60 bits per heavy atom. The van der Waals surface area contributed by atoms with Crippen LogP contribution in [0.15, 0.2) is 28.4 Å². The molecule has 2 N–H and O–H groups in total. The number of benzene rings is 1. The molecule has 3 nitrogen and oxygen atoms in total. The third-order valence-electron chi connectivity index (χ3n) is 2.02. The lowest BCUT2D eigenvalue weighted by atomic mass is 10.2. The molecule has 6 heteroatoms. The van der Waals surface area contributed by atoms with Crippen LogP contribution in [0.25, 0.3) is 0 Å². The van der Waals surface area contributed by atoms with Gasteiger partial charge in [0.15, 0.2) is 0 Å². The van der Waals surface area contributed by atoms with Gasteiger partial charge in [-0.2, -0.15) is 10.2 Å². The first kappa shape index (κ1) is 10.9. The van der Waals surface area contributed by atoms with Crippen molar-refractivity contribution in [2.24, 2.45) is 10.2 Å². The van der Waals surface area contributed by atoms with Crippen LogP contribution >= 0.6 is 32.3 Å². The number of hydrogen-bond donors (Lipinski definition) is 2. The van der Waals surface area contributed by atoms with E-state index in [0.717, 1.165) is 11.3 Å². The lowest BCUT2D eigenvalue weighted by Crippen LogP contribution is -2.00. The average Bonchev–Trinajstić information content (AvgIpc) is 2.58. The largest absolute Gasteiger partial charge is 0.398 e. The fourth-order valence-corrected chi connectivity index (χ4v) is 3.52. The minimum Gasteiger partial charge on any atom is -0.398 e. The average molecular weight is 260 g/mol. The molecule has 0 aliphatic carbocycles. The van der Waals surface area contributed by atoms with E-state index in [4.69, 9.17) is 17.3 Å². The van der Waals surface area contributed by atoms with Gasteiger partial charge in [-0.3, -0.25) is 0 Å². The van der Waals surface area contributed by atoms with Crippen LogP contribution in [0, 0.1) is 0 Å². The Balaban J connectivity index is 2.25. The Morgan fingerprint density at radius 2 is 2.00 bits per heavy atom. The molecule has 0 unspecified atom stereocenters. The highest BCUT2D eigenvalue weighted by atomic mass is 35.5. The number of halogens is 1. The molecular formula is C9H10ClN3S2. The molecule has 2 rings (SSSR count). The summed E-state index contributed by atoms with van der Waals surface area (Å²) in [4.78, 5) is 0. The number of anilines is 1. The predicted molar refractivity (Wildman–Crippen MR) is 73.1 cm³/mol. The number of nitrogens with zero attached hydrogens (tertiary/aromatic N) is 2. The predicted octanol–water partition coefficient (Wildman–Crippen LogP) is 3.06. The van der Waals surface area contributed by atoms with Gasteiger partial charge in [0.1, 0.15) is 0 Å². The number of nitrogens with two attached hydrogens (primary N) is 1. The van der Waals surface area contributed by atoms with Gasteiger partial charge in [-0.15, -0.1) is 20.7 Å². The number of nitrogen functional groups attached to an aromatic ring is 1. The van der Waals surface area contributed by atoms with E-state index in [1.807, 2.05) is 12.1 Å². The zero-order valence-corrected chi connectivity index (χ0v) is 10.3. The van der Waals surface area contributed by atoms with Gasteiger partial charge < -0.3 is 5.73 Å². The van der Waals surface area contributed by atoms with Gasteiger partial charge in [0, 0.05) is 16.5 Å². The molecule has 0 amide bonds. The van der Waals surface area contributed by atoms with Crippen LogP contribution in [0.5, 0.6) is 0 Å². The van der Waals surface area contributed by atoms with Crippen LogP contribution in [0.3, 0.4) is 0 Å². The van der Waals surface area contributed by atoms with Crippen molar-refractivity contribution in [1.82, 2.24) is 0 Å². The Bertz CT molecular complexity index is 433. The monoisotopic (exact) mass is 259 g/mol. The summed E-state index contributed by atoms with van der Waals surface area (Å²) in [6.07, 6.45) is 0. The van der Waals surface area contributed by atoms with Gasteiger partial charge in [0.25, 0.3) is 0 Å². The Morgan fingerprint density at radius 1 is 1.33 bits per heavy atom. The molecule has 80 valence electrons. The van der Waals surface area contributed by atoms with Crippen molar-refractivity contribution in [3.63, 3.8) is 0 Å². The van der Waals surface area contributed by atoms with Crippen LogP contribution in [-0.4, -0.2) is 11.1 Å². The van der Waals surface area contributed by atoms with Gasteiger partial charge in [-0.1, -0.05) is 17.7 Å². The zero-order valence-electron chi connectivity index (χ0n) is 7.80. The highest BCUT2D eigenvalue weighted by Gasteiger charge is 2.19. The standard InChI is InChI=1S/C9H10ClN3S2/c10-8-2-1-7(9(11)3-8)4-15(14)5-12-13-6-15/h1-3,5-6,14H,4,11H2. The third-order valence-corrected chi connectivity index (χ3v) is 4.90. The molecule has 0 aromatic heterocycles. The Hall–Kier alpha value is -0.650. The molecule has 0 radical (unpaired) electrons. The van der Waals surface area contributed by atoms with Crippen molar-refractivity contribution in [3.05, 3.63) is 28.8 Å². The lowest BCUT2D eigenvalue weighted by Gasteiger charge is -2.21. The van der Waals surface area contributed by atoms with E-state index >= 15 is 0 Å². The summed E-state index contributed by atoms with van der Waals surface area (Å²) in [7, 11) is -1.30. The molecule has 1 aliphatic rings. The Labute approximate surface area is 99.5 Å². The van der Waals surface area contributed by atoms with E-state index in [2.05, 4.69) is 21.9 Å². The second kappa shape index (κ2) is 4.08. The van der Waals surface area contributed by atoms with Crippen molar-refractivity contribution >= 4 is 49.1 Å².